The van der Waals surface area contributed by atoms with E-state index in [1.165, 1.54) is 5.57 Å². The summed E-state index contributed by atoms with van der Waals surface area (Å²) < 4.78 is 17.2. The van der Waals surface area contributed by atoms with Gasteiger partial charge in [-0.2, -0.15) is 0 Å². The minimum Gasteiger partial charge on any atom is -0.487 e. The molecule has 0 saturated carbocycles. The molecule has 1 saturated heterocycles. The van der Waals surface area contributed by atoms with Crippen LogP contribution in [0.2, 0.25) is 0 Å². The van der Waals surface area contributed by atoms with Gasteiger partial charge in [0.2, 0.25) is 5.60 Å². The van der Waals surface area contributed by atoms with Gasteiger partial charge in [-0.3, -0.25) is 9.59 Å². The molecule has 4 rings (SSSR count). The molecule has 1 aliphatic carbocycles. The van der Waals surface area contributed by atoms with Crippen LogP contribution in [-0.4, -0.2) is 30.4 Å². The maximum absolute atomic E-state index is 12.9. The molecule has 0 amide bonds. The number of carbonyl (C=O) groups is 3. The molecule has 6 heteroatoms. The van der Waals surface area contributed by atoms with E-state index in [9.17, 15) is 14.4 Å². The van der Waals surface area contributed by atoms with Crippen molar-refractivity contribution < 1.29 is 28.6 Å². The molecule has 0 aromatic heterocycles. The van der Waals surface area contributed by atoms with Crippen LogP contribution in [0.4, 0.5) is 0 Å². The van der Waals surface area contributed by atoms with Crippen molar-refractivity contribution in [3.05, 3.63) is 40.5 Å². The zero-order valence-corrected chi connectivity index (χ0v) is 18.7. The van der Waals surface area contributed by atoms with Crippen molar-refractivity contribution in [2.45, 2.75) is 76.9 Å². The van der Waals surface area contributed by atoms with Gasteiger partial charge in [0.25, 0.3) is 0 Å². The molecule has 1 aromatic rings. The fourth-order valence-corrected chi connectivity index (χ4v) is 5.16. The van der Waals surface area contributed by atoms with Crippen LogP contribution in [0.1, 0.15) is 87.2 Å². The number of ether oxygens (including phenoxy) is 3. The highest BCUT2D eigenvalue weighted by Crippen LogP contribution is 2.53. The van der Waals surface area contributed by atoms with Crippen LogP contribution in [0.3, 0.4) is 0 Å². The number of unbranched alkanes of at least 4 members (excludes halogenated alkanes) is 1. The van der Waals surface area contributed by atoms with Gasteiger partial charge in [-0.05, 0) is 58.1 Å². The maximum atomic E-state index is 12.9. The molecule has 1 unspecified atom stereocenters. The Morgan fingerprint density at radius 2 is 2.03 bits per heavy atom. The predicted octanol–water partition coefficient (Wildman–Crippen LogP) is 4.60. The minimum absolute atomic E-state index is 0.105. The topological polar surface area (TPSA) is 78.9 Å². The molecule has 1 fully saturated rings. The average molecular weight is 427 g/mol. The van der Waals surface area contributed by atoms with Crippen molar-refractivity contribution in [2.24, 2.45) is 5.92 Å². The van der Waals surface area contributed by atoms with Crippen molar-refractivity contribution in [1.29, 1.82) is 0 Å². The van der Waals surface area contributed by atoms with Gasteiger partial charge in [-0.25, -0.2) is 4.79 Å². The highest BCUT2D eigenvalue weighted by atomic mass is 16.6. The zero-order chi connectivity index (χ0) is 22.4. The molecule has 1 aromatic carbocycles. The molecular formula is C25H30O6. The lowest BCUT2D eigenvalue weighted by Crippen LogP contribution is -2.52. The first-order chi connectivity index (χ1) is 14.7. The summed E-state index contributed by atoms with van der Waals surface area (Å²) in [5.74, 6) is -0.0599. The van der Waals surface area contributed by atoms with Crippen molar-refractivity contribution in [1.82, 2.24) is 0 Å². The van der Waals surface area contributed by atoms with Gasteiger partial charge in [0.1, 0.15) is 24.1 Å². The van der Waals surface area contributed by atoms with Crippen LogP contribution < -0.4 is 4.74 Å². The largest absolute Gasteiger partial charge is 0.487 e. The van der Waals surface area contributed by atoms with E-state index in [4.69, 9.17) is 14.2 Å². The van der Waals surface area contributed by atoms with E-state index in [-0.39, 0.29) is 24.9 Å². The van der Waals surface area contributed by atoms with Crippen molar-refractivity contribution >= 4 is 18.2 Å². The summed E-state index contributed by atoms with van der Waals surface area (Å²) in [5.41, 5.74) is 1.16. The van der Waals surface area contributed by atoms with Gasteiger partial charge in [-0.1, -0.05) is 25.0 Å². The Hall–Kier alpha value is -2.63. The number of rotatable bonds is 6. The molecule has 2 aliphatic heterocycles. The molecule has 166 valence electrons. The third kappa shape index (κ3) is 3.56. The van der Waals surface area contributed by atoms with E-state index < -0.39 is 23.1 Å². The molecular weight excluding hydrogens is 396 g/mol. The summed E-state index contributed by atoms with van der Waals surface area (Å²) in [4.78, 5) is 36.8. The number of hydrogen-bond acceptors (Lipinski definition) is 6. The molecule has 0 spiro atoms. The number of allylic oxidation sites excluding steroid dienone is 2. The summed E-state index contributed by atoms with van der Waals surface area (Å²) in [6.07, 6.45) is 6.33. The second-order valence-corrected chi connectivity index (χ2v) is 9.47. The van der Waals surface area contributed by atoms with Crippen LogP contribution in [0.15, 0.2) is 23.8 Å². The Labute approximate surface area is 182 Å². The van der Waals surface area contributed by atoms with Gasteiger partial charge < -0.3 is 14.2 Å². The second-order valence-electron chi connectivity index (χ2n) is 9.47. The molecule has 0 N–H and O–H groups in total. The lowest BCUT2D eigenvalue weighted by Gasteiger charge is -2.48. The summed E-state index contributed by atoms with van der Waals surface area (Å²) in [5, 5.41) is 0. The standard InChI is InChI=1S/C25H30O6/c1-5-6-9-29-23(28)25(13-21(27)31-25)17-11-16(14-26)22-18-10-15(2)7-8-19(18)24(3,4)30-20(22)12-17/h7,11-12,14,18-19H,5-6,8-10,13H2,1-4H3/t18-,19-,25?/m1/s1. The van der Waals surface area contributed by atoms with E-state index in [1.807, 2.05) is 6.92 Å². The van der Waals surface area contributed by atoms with E-state index >= 15 is 0 Å². The van der Waals surface area contributed by atoms with Gasteiger partial charge in [-0.15, -0.1) is 0 Å². The van der Waals surface area contributed by atoms with Crippen LogP contribution in [0.25, 0.3) is 0 Å². The average Bonchev–Trinajstić information content (AvgIpc) is 2.69. The first kappa shape index (κ1) is 21.6. The van der Waals surface area contributed by atoms with E-state index in [2.05, 4.69) is 26.8 Å². The van der Waals surface area contributed by atoms with E-state index in [0.717, 1.165) is 37.5 Å². The van der Waals surface area contributed by atoms with Crippen LogP contribution in [0, 0.1) is 5.92 Å². The predicted molar refractivity (Wildman–Crippen MR) is 114 cm³/mol. The first-order valence-electron chi connectivity index (χ1n) is 11.1. The quantitative estimate of drug-likeness (QED) is 0.286. The fraction of sp³-hybridized carbons (Fsp3) is 0.560. The minimum atomic E-state index is -1.51. The summed E-state index contributed by atoms with van der Waals surface area (Å²) in [7, 11) is 0. The SMILES string of the molecule is CCCCOC(=O)C1(c2cc(C=O)c3c(c2)OC(C)(C)[C@@H]2CC=C(C)C[C@@H]32)CC(=O)O1. The lowest BCUT2D eigenvalue weighted by atomic mass is 9.66. The van der Waals surface area contributed by atoms with Gasteiger partial charge in [0.05, 0.1) is 6.61 Å². The highest BCUT2D eigenvalue weighted by molar-refractivity contribution is 5.95. The Morgan fingerprint density at radius 1 is 1.29 bits per heavy atom. The molecule has 2 heterocycles. The number of esters is 2. The fourth-order valence-electron chi connectivity index (χ4n) is 5.16. The monoisotopic (exact) mass is 426 g/mol. The number of benzene rings is 1. The third-order valence-electron chi connectivity index (χ3n) is 6.89. The number of cyclic esters (lactones) is 1. The summed E-state index contributed by atoms with van der Waals surface area (Å²) >= 11 is 0. The molecule has 31 heavy (non-hydrogen) atoms. The van der Waals surface area contributed by atoms with Crippen molar-refractivity contribution in [3.63, 3.8) is 0 Å². The second kappa shape index (κ2) is 7.81. The number of aldehydes is 1. The number of fused-ring (bicyclic) bond motifs is 3. The Bertz CT molecular complexity index is 949. The molecule has 6 nitrogen and oxygen atoms in total. The zero-order valence-electron chi connectivity index (χ0n) is 18.7. The molecule has 3 aliphatic rings. The number of carbonyl (C=O) groups excluding carboxylic acids is 3. The van der Waals surface area contributed by atoms with Gasteiger partial charge in [0, 0.05) is 22.6 Å². The van der Waals surface area contributed by atoms with Crippen LogP contribution in [0.5, 0.6) is 5.75 Å². The highest BCUT2D eigenvalue weighted by Gasteiger charge is 2.57. The van der Waals surface area contributed by atoms with E-state index in [1.54, 1.807) is 12.1 Å². The van der Waals surface area contributed by atoms with Crippen molar-refractivity contribution in [3.8, 4) is 5.75 Å². The van der Waals surface area contributed by atoms with Gasteiger partial charge >= 0.3 is 11.9 Å². The Kier molecular flexibility index (Phi) is 5.44. The normalized spacial score (nSPS) is 28.1. The van der Waals surface area contributed by atoms with Crippen LogP contribution >= 0.6 is 0 Å². The van der Waals surface area contributed by atoms with Crippen molar-refractivity contribution in [2.75, 3.05) is 6.61 Å². The smallest absolute Gasteiger partial charge is 0.356 e. The Morgan fingerprint density at radius 3 is 2.68 bits per heavy atom. The first-order valence-corrected chi connectivity index (χ1v) is 11.1. The number of hydrogen-bond donors (Lipinski definition) is 0. The summed E-state index contributed by atoms with van der Waals surface area (Å²) in [6.45, 7) is 8.50. The molecule has 0 bridgehead atoms. The van der Waals surface area contributed by atoms with E-state index in [0.29, 0.717) is 16.9 Å². The van der Waals surface area contributed by atoms with Gasteiger partial charge in [0.15, 0.2) is 0 Å². The molecule has 0 radical (unpaired) electrons. The summed E-state index contributed by atoms with van der Waals surface area (Å²) in [6, 6.07) is 3.44. The Balaban J connectivity index is 1.78. The third-order valence-corrected chi connectivity index (χ3v) is 6.89. The van der Waals surface area contributed by atoms with Crippen LogP contribution in [-0.2, 0) is 24.7 Å². The molecule has 3 atom stereocenters. The maximum Gasteiger partial charge on any atom is 0.356 e. The lowest BCUT2D eigenvalue weighted by molar-refractivity contribution is -0.210.